The van der Waals surface area contributed by atoms with Gasteiger partial charge in [0.1, 0.15) is 5.65 Å². The summed E-state index contributed by atoms with van der Waals surface area (Å²) < 4.78 is 15.3. The van der Waals surface area contributed by atoms with Crippen molar-refractivity contribution in [3.05, 3.63) is 23.5 Å². The molecule has 1 saturated heterocycles. The quantitative estimate of drug-likeness (QED) is 0.540. The summed E-state index contributed by atoms with van der Waals surface area (Å²) >= 11 is 6.38. The summed E-state index contributed by atoms with van der Waals surface area (Å²) in [5, 5.41) is 1.67. The standard InChI is InChI=1S/C22H36BClN2O2Si/c1-14(2)29(15(3)4,16(5)6)26-13-19(18-11-17(24)12-25-20(18)26)23-27-21(7,8)22(9,10)28-23/h11-16H,1-10H3. The van der Waals surface area contributed by atoms with Crippen LogP contribution < -0.4 is 5.46 Å². The highest BCUT2D eigenvalue weighted by molar-refractivity contribution is 6.83. The first-order valence-corrected chi connectivity index (χ1v) is 13.3. The molecule has 29 heavy (non-hydrogen) atoms. The summed E-state index contributed by atoms with van der Waals surface area (Å²) in [5.74, 6) is 0. The molecule has 1 aliphatic heterocycles. The predicted octanol–water partition coefficient (Wildman–Crippen LogP) is 6.01. The van der Waals surface area contributed by atoms with Crippen molar-refractivity contribution in [3.8, 4) is 0 Å². The van der Waals surface area contributed by atoms with Gasteiger partial charge in [-0.1, -0.05) is 53.1 Å². The Kier molecular flexibility index (Phi) is 5.83. The van der Waals surface area contributed by atoms with Crippen LogP contribution >= 0.6 is 11.6 Å². The molecule has 3 heterocycles. The minimum Gasteiger partial charge on any atom is -0.399 e. The van der Waals surface area contributed by atoms with Gasteiger partial charge in [0.2, 0.25) is 0 Å². The molecule has 0 saturated carbocycles. The van der Waals surface area contributed by atoms with E-state index < -0.39 is 15.4 Å². The number of pyridine rings is 1. The highest BCUT2D eigenvalue weighted by Gasteiger charge is 2.53. The van der Waals surface area contributed by atoms with E-state index in [9.17, 15) is 0 Å². The molecule has 0 unspecified atom stereocenters. The molecule has 1 fully saturated rings. The van der Waals surface area contributed by atoms with Gasteiger partial charge in [-0.15, -0.1) is 0 Å². The van der Waals surface area contributed by atoms with Gasteiger partial charge in [-0.25, -0.2) is 4.98 Å². The van der Waals surface area contributed by atoms with Gasteiger partial charge in [0, 0.05) is 17.0 Å². The first-order valence-electron chi connectivity index (χ1n) is 10.8. The summed E-state index contributed by atoms with van der Waals surface area (Å²) in [6, 6.07) is 2.01. The highest BCUT2D eigenvalue weighted by Crippen LogP contribution is 2.44. The lowest BCUT2D eigenvalue weighted by molar-refractivity contribution is 0.00578. The second kappa shape index (κ2) is 7.40. The van der Waals surface area contributed by atoms with Crippen LogP contribution in [0.4, 0.5) is 0 Å². The van der Waals surface area contributed by atoms with Crippen molar-refractivity contribution >= 4 is 43.5 Å². The van der Waals surface area contributed by atoms with Crippen LogP contribution in [0.25, 0.3) is 11.0 Å². The topological polar surface area (TPSA) is 36.3 Å². The second-order valence-corrected chi connectivity index (χ2v) is 16.6. The van der Waals surface area contributed by atoms with E-state index in [1.54, 1.807) is 6.20 Å². The summed E-state index contributed by atoms with van der Waals surface area (Å²) in [6.45, 7) is 22.5. The zero-order valence-corrected chi connectivity index (χ0v) is 21.4. The Morgan fingerprint density at radius 3 is 1.90 bits per heavy atom. The van der Waals surface area contributed by atoms with Gasteiger partial charge < -0.3 is 13.5 Å². The molecule has 0 aliphatic carbocycles. The lowest BCUT2D eigenvalue weighted by Crippen LogP contribution is -2.52. The summed E-state index contributed by atoms with van der Waals surface area (Å²) in [4.78, 5) is 4.81. The lowest BCUT2D eigenvalue weighted by Gasteiger charge is -2.44. The van der Waals surface area contributed by atoms with Crippen LogP contribution in [0.1, 0.15) is 69.2 Å². The minimum absolute atomic E-state index is 0.388. The van der Waals surface area contributed by atoms with Crippen molar-refractivity contribution in [2.75, 3.05) is 0 Å². The number of nitrogens with zero attached hydrogens (tertiary/aromatic N) is 2. The van der Waals surface area contributed by atoms with E-state index in [0.29, 0.717) is 21.6 Å². The fraction of sp³-hybridized carbons (Fsp3) is 0.682. The van der Waals surface area contributed by atoms with Crippen molar-refractivity contribution in [1.29, 1.82) is 0 Å². The molecule has 0 aromatic carbocycles. The molecule has 0 N–H and O–H groups in total. The number of fused-ring (bicyclic) bond motifs is 1. The maximum absolute atomic E-state index is 6.41. The van der Waals surface area contributed by atoms with Crippen LogP contribution in [0.2, 0.25) is 21.6 Å². The Bertz CT molecular complexity index is 870. The summed E-state index contributed by atoms with van der Waals surface area (Å²) in [5.41, 5.74) is 2.93. The largest absolute Gasteiger partial charge is 0.497 e. The molecule has 2 aromatic rings. The van der Waals surface area contributed by atoms with E-state index in [4.69, 9.17) is 25.9 Å². The lowest BCUT2D eigenvalue weighted by atomic mass is 9.79. The molecule has 0 radical (unpaired) electrons. The number of hydrogen-bond acceptors (Lipinski definition) is 3. The molecular formula is C22H36BClN2O2Si. The molecule has 0 amide bonds. The Morgan fingerprint density at radius 1 is 0.966 bits per heavy atom. The third-order valence-corrected chi connectivity index (χ3v) is 14.3. The molecule has 160 valence electrons. The molecule has 0 spiro atoms. The minimum atomic E-state index is -1.99. The number of halogens is 1. The van der Waals surface area contributed by atoms with E-state index in [0.717, 1.165) is 16.5 Å². The molecule has 1 aliphatic rings. The maximum Gasteiger partial charge on any atom is 0.497 e. The van der Waals surface area contributed by atoms with Gasteiger partial charge in [-0.3, -0.25) is 0 Å². The SMILES string of the molecule is CC(C)[Si](C(C)C)(C(C)C)n1cc(B2OC(C)(C)C(C)(C)O2)c2cc(Cl)cnc21. The molecule has 7 heteroatoms. The predicted molar refractivity (Wildman–Crippen MR) is 127 cm³/mol. The number of hydrogen-bond donors (Lipinski definition) is 0. The maximum atomic E-state index is 6.41. The van der Waals surface area contributed by atoms with E-state index in [1.165, 1.54) is 0 Å². The third-order valence-electron chi connectivity index (χ3n) is 7.34. The molecule has 0 atom stereocenters. The van der Waals surface area contributed by atoms with Crippen molar-refractivity contribution in [1.82, 2.24) is 9.22 Å². The van der Waals surface area contributed by atoms with Crippen molar-refractivity contribution < 1.29 is 9.31 Å². The van der Waals surface area contributed by atoms with Crippen LogP contribution in [0.5, 0.6) is 0 Å². The number of aromatic nitrogens is 2. The van der Waals surface area contributed by atoms with Crippen LogP contribution in [0.15, 0.2) is 18.5 Å². The van der Waals surface area contributed by atoms with Crippen molar-refractivity contribution in [2.24, 2.45) is 0 Å². The van der Waals surface area contributed by atoms with Crippen LogP contribution in [-0.2, 0) is 9.31 Å². The zero-order chi connectivity index (χ0) is 21.9. The first-order chi connectivity index (χ1) is 13.3. The smallest absolute Gasteiger partial charge is 0.399 e. The van der Waals surface area contributed by atoms with Crippen LogP contribution in [0, 0.1) is 0 Å². The Balaban J connectivity index is 2.29. The molecule has 4 nitrogen and oxygen atoms in total. The average molecular weight is 435 g/mol. The van der Waals surface area contributed by atoms with E-state index >= 15 is 0 Å². The molecular weight excluding hydrogens is 399 g/mol. The summed E-state index contributed by atoms with van der Waals surface area (Å²) in [7, 11) is -2.42. The average Bonchev–Trinajstić information content (AvgIpc) is 3.01. The van der Waals surface area contributed by atoms with Gasteiger partial charge >= 0.3 is 7.12 Å². The first kappa shape index (κ1) is 22.9. The monoisotopic (exact) mass is 434 g/mol. The van der Waals surface area contributed by atoms with Gasteiger partial charge in [-0.05, 0) is 56.6 Å². The van der Waals surface area contributed by atoms with Gasteiger partial charge in [0.15, 0.2) is 8.24 Å². The molecule has 0 bridgehead atoms. The fourth-order valence-corrected chi connectivity index (χ4v) is 12.1. The Labute approximate surface area is 182 Å². The van der Waals surface area contributed by atoms with Crippen molar-refractivity contribution in [3.63, 3.8) is 0 Å². The van der Waals surface area contributed by atoms with Gasteiger partial charge in [0.25, 0.3) is 0 Å². The number of rotatable bonds is 5. The van der Waals surface area contributed by atoms with Gasteiger partial charge in [-0.2, -0.15) is 0 Å². The molecule has 3 rings (SSSR count). The van der Waals surface area contributed by atoms with E-state index in [1.807, 2.05) is 6.07 Å². The third kappa shape index (κ3) is 3.40. The van der Waals surface area contributed by atoms with E-state index in [-0.39, 0.29) is 11.2 Å². The second-order valence-electron chi connectivity index (χ2n) is 10.4. The fourth-order valence-electron chi connectivity index (χ4n) is 5.39. The van der Waals surface area contributed by atoms with Crippen molar-refractivity contribution in [2.45, 2.75) is 97.1 Å². The highest BCUT2D eigenvalue weighted by atomic mass is 35.5. The normalized spacial score (nSPS) is 19.3. The summed E-state index contributed by atoms with van der Waals surface area (Å²) in [6.07, 6.45) is 4.02. The zero-order valence-electron chi connectivity index (χ0n) is 19.6. The van der Waals surface area contributed by atoms with E-state index in [2.05, 4.69) is 79.7 Å². The van der Waals surface area contributed by atoms with Crippen LogP contribution in [0.3, 0.4) is 0 Å². The van der Waals surface area contributed by atoms with Crippen LogP contribution in [-0.4, -0.2) is 35.8 Å². The molecule has 2 aromatic heterocycles. The Morgan fingerprint density at radius 2 is 1.45 bits per heavy atom. The Hall–Kier alpha value is -0.818. The van der Waals surface area contributed by atoms with Gasteiger partial charge in [0.05, 0.1) is 16.2 Å².